The van der Waals surface area contributed by atoms with Gasteiger partial charge in [0.1, 0.15) is 5.84 Å². The average Bonchev–Trinajstić information content (AvgIpc) is 2.14. The quantitative estimate of drug-likeness (QED) is 0.487. The second-order valence-corrected chi connectivity index (χ2v) is 2.43. The number of rotatable bonds is 1. The SMILES string of the molecule is CC1=N[NH+](C(C)C)[N-]N1. The maximum atomic E-state index is 4.14. The molecule has 2 N–H and O–H groups in total. The van der Waals surface area contributed by atoms with Gasteiger partial charge in [-0.3, -0.25) is 5.12 Å². The highest BCUT2D eigenvalue weighted by Gasteiger charge is 2.08. The van der Waals surface area contributed by atoms with Crippen molar-refractivity contribution in [3.63, 3.8) is 0 Å². The minimum atomic E-state index is 0.426. The third kappa shape index (κ3) is 1.40. The number of hydrogen-bond donors (Lipinski definition) is 2. The van der Waals surface area contributed by atoms with Crippen molar-refractivity contribution in [3.05, 3.63) is 5.53 Å². The zero-order chi connectivity index (χ0) is 6.85. The normalized spacial score (nSPS) is 26.2. The maximum Gasteiger partial charge on any atom is 0.141 e. The van der Waals surface area contributed by atoms with Crippen molar-refractivity contribution in [1.82, 2.24) is 5.43 Å². The molecule has 0 fully saturated rings. The number of quaternary nitrogens is 1. The van der Waals surface area contributed by atoms with Crippen molar-refractivity contribution in [2.24, 2.45) is 5.10 Å². The Morgan fingerprint density at radius 3 is 2.56 bits per heavy atom. The van der Waals surface area contributed by atoms with E-state index in [0.717, 1.165) is 11.0 Å². The van der Waals surface area contributed by atoms with E-state index < -0.39 is 0 Å². The summed E-state index contributed by atoms with van der Waals surface area (Å²) in [5.41, 5.74) is 6.77. The first-order chi connectivity index (χ1) is 4.20. The summed E-state index contributed by atoms with van der Waals surface area (Å²) in [6, 6.07) is 0.426. The van der Waals surface area contributed by atoms with Crippen LogP contribution in [0.15, 0.2) is 5.10 Å². The number of hydrogen-bond acceptors (Lipinski definition) is 2. The van der Waals surface area contributed by atoms with Crippen LogP contribution < -0.4 is 10.5 Å². The molecule has 0 saturated heterocycles. The lowest BCUT2D eigenvalue weighted by Gasteiger charge is -2.21. The summed E-state index contributed by atoms with van der Waals surface area (Å²) in [7, 11) is 0. The Bertz CT molecular complexity index is 129. The van der Waals surface area contributed by atoms with Crippen molar-refractivity contribution < 1.29 is 5.12 Å². The van der Waals surface area contributed by atoms with E-state index >= 15 is 0 Å². The van der Waals surface area contributed by atoms with Crippen LogP contribution in [0.4, 0.5) is 0 Å². The Labute approximate surface area is 54.9 Å². The number of nitrogens with one attached hydrogen (secondary N) is 2. The molecule has 1 atom stereocenters. The molecular weight excluding hydrogens is 116 g/mol. The van der Waals surface area contributed by atoms with Gasteiger partial charge >= 0.3 is 0 Å². The van der Waals surface area contributed by atoms with E-state index in [-0.39, 0.29) is 0 Å². The maximum absolute atomic E-state index is 4.14. The molecule has 1 rings (SSSR count). The monoisotopic (exact) mass is 128 g/mol. The molecule has 1 aliphatic rings. The molecule has 0 bridgehead atoms. The highest BCUT2D eigenvalue weighted by molar-refractivity contribution is 5.80. The topological polar surface area (TPSA) is 42.9 Å². The van der Waals surface area contributed by atoms with Gasteiger partial charge in [0.25, 0.3) is 0 Å². The van der Waals surface area contributed by atoms with Crippen molar-refractivity contribution >= 4 is 5.84 Å². The van der Waals surface area contributed by atoms with Crippen LogP contribution in [-0.2, 0) is 0 Å². The van der Waals surface area contributed by atoms with Gasteiger partial charge in [-0.15, -0.1) is 0 Å². The molecule has 0 aromatic rings. The zero-order valence-electron chi connectivity index (χ0n) is 5.97. The summed E-state index contributed by atoms with van der Waals surface area (Å²) in [6.07, 6.45) is 0. The van der Waals surface area contributed by atoms with E-state index in [4.69, 9.17) is 0 Å². The lowest BCUT2D eigenvalue weighted by molar-refractivity contribution is -0.889. The predicted molar refractivity (Wildman–Crippen MR) is 35.7 cm³/mol. The van der Waals surface area contributed by atoms with E-state index in [1.165, 1.54) is 0 Å². The van der Waals surface area contributed by atoms with Crippen LogP contribution in [0.25, 0.3) is 5.53 Å². The van der Waals surface area contributed by atoms with Crippen molar-refractivity contribution in [2.75, 3.05) is 0 Å². The average molecular weight is 128 g/mol. The molecule has 0 aromatic carbocycles. The number of nitrogens with zero attached hydrogens (tertiary/aromatic N) is 2. The highest BCUT2D eigenvalue weighted by Crippen LogP contribution is 1.81. The van der Waals surface area contributed by atoms with Crippen LogP contribution in [0.5, 0.6) is 0 Å². The largest absolute Gasteiger partial charge is 0.421 e. The summed E-state index contributed by atoms with van der Waals surface area (Å²) in [5, 5.41) is 5.04. The molecule has 1 aliphatic heterocycles. The molecule has 0 aromatic heterocycles. The summed E-state index contributed by atoms with van der Waals surface area (Å²) < 4.78 is 0. The Morgan fingerprint density at radius 2 is 2.33 bits per heavy atom. The lowest BCUT2D eigenvalue weighted by Crippen LogP contribution is -3.05. The first kappa shape index (κ1) is 6.51. The van der Waals surface area contributed by atoms with Crippen molar-refractivity contribution in [3.8, 4) is 0 Å². The van der Waals surface area contributed by atoms with Crippen molar-refractivity contribution in [2.45, 2.75) is 26.8 Å². The van der Waals surface area contributed by atoms with E-state index in [1.807, 2.05) is 6.92 Å². The van der Waals surface area contributed by atoms with Crippen molar-refractivity contribution in [1.29, 1.82) is 0 Å². The molecule has 1 heterocycles. The molecule has 0 radical (unpaired) electrons. The molecule has 0 saturated carbocycles. The second-order valence-electron chi connectivity index (χ2n) is 2.43. The Balaban J connectivity index is 2.47. The van der Waals surface area contributed by atoms with Gasteiger partial charge in [0.2, 0.25) is 0 Å². The van der Waals surface area contributed by atoms with E-state index in [9.17, 15) is 0 Å². The molecule has 9 heavy (non-hydrogen) atoms. The second kappa shape index (κ2) is 2.33. The van der Waals surface area contributed by atoms with Crippen LogP contribution in [0.3, 0.4) is 0 Å². The fraction of sp³-hybridized carbons (Fsp3) is 0.800. The fourth-order valence-electron chi connectivity index (χ4n) is 0.618. The minimum Gasteiger partial charge on any atom is -0.421 e. The molecule has 4 nitrogen and oxygen atoms in total. The van der Waals surface area contributed by atoms with Gasteiger partial charge in [-0.25, -0.2) is 0 Å². The van der Waals surface area contributed by atoms with Gasteiger partial charge in [-0.05, 0) is 20.8 Å². The Morgan fingerprint density at radius 1 is 1.67 bits per heavy atom. The summed E-state index contributed by atoms with van der Waals surface area (Å²) in [6.45, 7) is 6.05. The first-order valence-electron chi connectivity index (χ1n) is 3.09. The zero-order valence-corrected chi connectivity index (χ0v) is 5.97. The predicted octanol–water partition coefficient (Wildman–Crippen LogP) is -0.580. The summed E-state index contributed by atoms with van der Waals surface area (Å²) >= 11 is 0. The third-order valence-corrected chi connectivity index (χ3v) is 1.13. The molecule has 0 aliphatic carbocycles. The Kier molecular flexibility index (Phi) is 1.68. The standard InChI is InChI=1S/C5H12N4/c1-4(2)9-7-5(3)6-8-9/h4,9H,1-3H3,(H,6,7). The van der Waals surface area contributed by atoms with Gasteiger partial charge in [0, 0.05) is 0 Å². The van der Waals surface area contributed by atoms with Crippen LogP contribution in [0.2, 0.25) is 0 Å². The molecule has 52 valence electrons. The molecule has 1 unspecified atom stereocenters. The van der Waals surface area contributed by atoms with E-state index in [1.54, 1.807) is 0 Å². The van der Waals surface area contributed by atoms with Gasteiger partial charge in [0.15, 0.2) is 0 Å². The smallest absolute Gasteiger partial charge is 0.141 e. The van der Waals surface area contributed by atoms with Crippen LogP contribution in [-0.4, -0.2) is 11.9 Å². The van der Waals surface area contributed by atoms with Crippen LogP contribution in [0.1, 0.15) is 20.8 Å². The lowest BCUT2D eigenvalue weighted by atomic mass is 10.4. The highest BCUT2D eigenvalue weighted by atomic mass is 15.9. The van der Waals surface area contributed by atoms with E-state index in [0.29, 0.717) is 6.04 Å². The Hall–Kier alpha value is -0.610. The van der Waals surface area contributed by atoms with Gasteiger partial charge < -0.3 is 11.0 Å². The number of amidine groups is 1. The molecule has 0 spiro atoms. The van der Waals surface area contributed by atoms with Gasteiger partial charge in [0.05, 0.1) is 6.04 Å². The first-order valence-corrected chi connectivity index (χ1v) is 3.09. The summed E-state index contributed by atoms with van der Waals surface area (Å²) in [4.78, 5) is 0. The van der Waals surface area contributed by atoms with Gasteiger partial charge in [-0.1, -0.05) is 5.10 Å². The minimum absolute atomic E-state index is 0.426. The molecular formula is C5H12N4. The molecule has 4 heteroatoms. The van der Waals surface area contributed by atoms with Crippen LogP contribution >= 0.6 is 0 Å². The van der Waals surface area contributed by atoms with E-state index in [2.05, 4.69) is 29.9 Å². The summed E-state index contributed by atoms with van der Waals surface area (Å²) in [5.74, 6) is 0.888. The fourth-order valence-corrected chi connectivity index (χ4v) is 0.618. The molecule has 0 amide bonds. The van der Waals surface area contributed by atoms with Gasteiger partial charge in [-0.2, -0.15) is 0 Å². The third-order valence-electron chi connectivity index (χ3n) is 1.13. The van der Waals surface area contributed by atoms with Crippen LogP contribution in [0, 0.1) is 0 Å².